The number of aryl methyl sites for hydroxylation is 1. The summed E-state index contributed by atoms with van der Waals surface area (Å²) in [5.41, 5.74) is 7.02. The van der Waals surface area contributed by atoms with E-state index in [0.29, 0.717) is 11.4 Å². The molecule has 24 heavy (non-hydrogen) atoms. The topological polar surface area (TPSA) is 72.6 Å². The van der Waals surface area contributed by atoms with Crippen LogP contribution in [0.15, 0.2) is 30.3 Å². The number of morpholine rings is 1. The summed E-state index contributed by atoms with van der Waals surface area (Å²) in [5.74, 6) is -1.01. The number of amides is 2. The first kappa shape index (κ1) is 16.6. The maximum atomic E-state index is 13.1. The van der Waals surface area contributed by atoms with Gasteiger partial charge in [0.25, 0.3) is 5.91 Å². The van der Waals surface area contributed by atoms with Crippen LogP contribution in [0.2, 0.25) is 0 Å². The Morgan fingerprint density at radius 3 is 2.71 bits per heavy atom. The van der Waals surface area contributed by atoms with Gasteiger partial charge in [0.2, 0.25) is 5.91 Å². The molecule has 2 aromatic rings. The summed E-state index contributed by atoms with van der Waals surface area (Å²) in [6.07, 6.45) is -0.764. The minimum absolute atomic E-state index is 0.147. The SMILES string of the molecule is Cc1sc(C(=O)N2CCOC(C(N)=O)C2)cc1-c1ccc(F)cc1. The molecule has 1 atom stereocenters. The summed E-state index contributed by atoms with van der Waals surface area (Å²) in [5, 5.41) is 0. The number of carbonyl (C=O) groups is 2. The number of halogens is 1. The van der Waals surface area contributed by atoms with Gasteiger partial charge in [-0.05, 0) is 36.2 Å². The summed E-state index contributed by atoms with van der Waals surface area (Å²) < 4.78 is 18.3. The lowest BCUT2D eigenvalue weighted by Gasteiger charge is -2.31. The fraction of sp³-hybridized carbons (Fsp3) is 0.294. The fourth-order valence-electron chi connectivity index (χ4n) is 2.67. The zero-order chi connectivity index (χ0) is 17.3. The molecule has 1 fully saturated rings. The minimum atomic E-state index is -0.764. The molecule has 5 nitrogen and oxygen atoms in total. The average Bonchev–Trinajstić information content (AvgIpc) is 2.97. The van der Waals surface area contributed by atoms with Crippen LogP contribution in [0.4, 0.5) is 4.39 Å². The highest BCUT2D eigenvalue weighted by Crippen LogP contribution is 2.32. The molecule has 2 N–H and O–H groups in total. The third kappa shape index (κ3) is 3.32. The first-order valence-corrected chi connectivity index (χ1v) is 8.34. The smallest absolute Gasteiger partial charge is 0.264 e. The second-order valence-corrected chi connectivity index (χ2v) is 6.86. The molecule has 0 radical (unpaired) electrons. The van der Waals surface area contributed by atoms with Gasteiger partial charge < -0.3 is 15.4 Å². The zero-order valence-electron chi connectivity index (χ0n) is 13.1. The third-order valence-electron chi connectivity index (χ3n) is 3.95. The van der Waals surface area contributed by atoms with Crippen molar-refractivity contribution in [2.75, 3.05) is 19.7 Å². The van der Waals surface area contributed by atoms with Gasteiger partial charge >= 0.3 is 0 Å². The van der Waals surface area contributed by atoms with Gasteiger partial charge in [-0.15, -0.1) is 11.3 Å². The number of nitrogens with two attached hydrogens (primary N) is 1. The third-order valence-corrected chi connectivity index (χ3v) is 4.99. The Morgan fingerprint density at radius 1 is 1.33 bits per heavy atom. The van der Waals surface area contributed by atoms with Crippen LogP contribution >= 0.6 is 11.3 Å². The van der Waals surface area contributed by atoms with E-state index in [1.807, 2.05) is 13.0 Å². The summed E-state index contributed by atoms with van der Waals surface area (Å²) in [4.78, 5) is 27.1. The van der Waals surface area contributed by atoms with E-state index in [2.05, 4.69) is 0 Å². The van der Waals surface area contributed by atoms with Crippen molar-refractivity contribution in [3.8, 4) is 11.1 Å². The molecular weight excluding hydrogens is 331 g/mol. The molecule has 1 saturated heterocycles. The van der Waals surface area contributed by atoms with Gasteiger partial charge in [-0.2, -0.15) is 0 Å². The van der Waals surface area contributed by atoms with Crippen LogP contribution in [-0.2, 0) is 9.53 Å². The molecule has 7 heteroatoms. The molecule has 0 spiro atoms. The van der Waals surface area contributed by atoms with Crippen molar-refractivity contribution in [3.05, 3.63) is 45.9 Å². The maximum Gasteiger partial charge on any atom is 0.264 e. The number of carbonyl (C=O) groups excluding carboxylic acids is 2. The number of nitrogens with zero attached hydrogens (tertiary/aromatic N) is 1. The molecule has 2 amide bonds. The van der Waals surface area contributed by atoms with Gasteiger partial charge in [0.05, 0.1) is 18.0 Å². The highest BCUT2D eigenvalue weighted by atomic mass is 32.1. The summed E-state index contributed by atoms with van der Waals surface area (Å²) in [7, 11) is 0. The van der Waals surface area contributed by atoms with Crippen LogP contribution in [0.5, 0.6) is 0 Å². The number of hydrogen-bond donors (Lipinski definition) is 1. The Labute approximate surface area is 142 Å². The van der Waals surface area contributed by atoms with Crippen LogP contribution < -0.4 is 5.73 Å². The zero-order valence-corrected chi connectivity index (χ0v) is 13.9. The van der Waals surface area contributed by atoms with Crippen molar-refractivity contribution in [1.82, 2.24) is 4.90 Å². The first-order valence-electron chi connectivity index (χ1n) is 7.52. The van der Waals surface area contributed by atoms with Crippen LogP contribution in [0.25, 0.3) is 11.1 Å². The molecule has 0 aliphatic carbocycles. The largest absolute Gasteiger partial charge is 0.367 e. The Morgan fingerprint density at radius 2 is 2.04 bits per heavy atom. The lowest BCUT2D eigenvalue weighted by Crippen LogP contribution is -2.50. The van der Waals surface area contributed by atoms with Crippen LogP contribution in [0.3, 0.4) is 0 Å². The average molecular weight is 348 g/mol. The molecular formula is C17H17FN2O3S. The van der Waals surface area contributed by atoms with Crippen LogP contribution in [0, 0.1) is 12.7 Å². The number of benzene rings is 1. The van der Waals surface area contributed by atoms with E-state index >= 15 is 0 Å². The molecule has 3 rings (SSSR count). The first-order chi connectivity index (χ1) is 11.5. The van der Waals surface area contributed by atoms with Gasteiger partial charge in [-0.3, -0.25) is 9.59 Å². The Kier molecular flexibility index (Phi) is 4.64. The maximum absolute atomic E-state index is 13.1. The molecule has 1 aliphatic rings. The molecule has 126 valence electrons. The van der Waals surface area contributed by atoms with Gasteiger partial charge in [-0.1, -0.05) is 12.1 Å². The van der Waals surface area contributed by atoms with E-state index in [1.165, 1.54) is 23.5 Å². The molecule has 0 saturated carbocycles. The Balaban J connectivity index is 1.82. The molecule has 2 heterocycles. The highest BCUT2D eigenvalue weighted by Gasteiger charge is 2.29. The van der Waals surface area contributed by atoms with Gasteiger partial charge in [-0.25, -0.2) is 4.39 Å². The molecule has 0 bridgehead atoms. The molecule has 1 aromatic carbocycles. The van der Waals surface area contributed by atoms with Crippen LogP contribution in [0.1, 0.15) is 14.5 Å². The monoisotopic (exact) mass is 348 g/mol. The normalized spacial score (nSPS) is 17.8. The number of rotatable bonds is 3. The number of hydrogen-bond acceptors (Lipinski definition) is 4. The standard InChI is InChI=1S/C17H17FN2O3S/c1-10-13(11-2-4-12(18)5-3-11)8-15(24-10)17(22)20-6-7-23-14(9-20)16(19)21/h2-5,8,14H,6-7,9H2,1H3,(H2,19,21). The summed E-state index contributed by atoms with van der Waals surface area (Å²) in [6, 6.07) is 7.98. The predicted molar refractivity (Wildman–Crippen MR) is 89.3 cm³/mol. The summed E-state index contributed by atoms with van der Waals surface area (Å²) in [6.45, 7) is 2.79. The van der Waals surface area contributed by atoms with Gasteiger partial charge in [0, 0.05) is 11.4 Å². The van der Waals surface area contributed by atoms with Gasteiger partial charge in [0.1, 0.15) is 5.82 Å². The fourth-order valence-corrected chi connectivity index (χ4v) is 3.68. The second kappa shape index (κ2) is 6.70. The van der Waals surface area contributed by atoms with E-state index in [4.69, 9.17) is 10.5 Å². The van der Waals surface area contributed by atoms with Crippen LogP contribution in [-0.4, -0.2) is 42.5 Å². The van der Waals surface area contributed by atoms with E-state index in [1.54, 1.807) is 17.0 Å². The minimum Gasteiger partial charge on any atom is -0.367 e. The second-order valence-electron chi connectivity index (χ2n) is 5.60. The van der Waals surface area contributed by atoms with Gasteiger partial charge in [0.15, 0.2) is 6.10 Å². The molecule has 1 unspecified atom stereocenters. The molecule has 1 aromatic heterocycles. The van der Waals surface area contributed by atoms with Crippen molar-refractivity contribution in [1.29, 1.82) is 0 Å². The van der Waals surface area contributed by atoms with E-state index < -0.39 is 12.0 Å². The highest BCUT2D eigenvalue weighted by molar-refractivity contribution is 7.14. The Hall–Kier alpha value is -2.25. The quantitative estimate of drug-likeness (QED) is 0.924. The van der Waals surface area contributed by atoms with Crippen molar-refractivity contribution >= 4 is 23.2 Å². The van der Waals surface area contributed by atoms with Crippen molar-refractivity contribution in [2.24, 2.45) is 5.73 Å². The molecule has 1 aliphatic heterocycles. The Bertz CT molecular complexity index is 773. The lowest BCUT2D eigenvalue weighted by atomic mass is 10.1. The van der Waals surface area contributed by atoms with E-state index in [9.17, 15) is 14.0 Å². The lowest BCUT2D eigenvalue weighted by molar-refractivity contribution is -0.133. The van der Waals surface area contributed by atoms with E-state index in [0.717, 1.165) is 16.0 Å². The van der Waals surface area contributed by atoms with Crippen molar-refractivity contribution in [3.63, 3.8) is 0 Å². The predicted octanol–water partition coefficient (Wildman–Crippen LogP) is 2.19. The number of primary amides is 1. The van der Waals surface area contributed by atoms with Crippen molar-refractivity contribution in [2.45, 2.75) is 13.0 Å². The summed E-state index contributed by atoms with van der Waals surface area (Å²) >= 11 is 1.38. The number of ether oxygens (including phenoxy) is 1. The van der Waals surface area contributed by atoms with E-state index in [-0.39, 0.29) is 24.9 Å². The van der Waals surface area contributed by atoms with Crippen molar-refractivity contribution < 1.29 is 18.7 Å². The number of thiophene rings is 1.